The van der Waals surface area contributed by atoms with Gasteiger partial charge in [0.2, 0.25) is 0 Å². The van der Waals surface area contributed by atoms with Crippen LogP contribution in [0.15, 0.2) is 24.3 Å². The summed E-state index contributed by atoms with van der Waals surface area (Å²) in [5.41, 5.74) is 0.363. The molecule has 0 bridgehead atoms. The lowest BCUT2D eigenvalue weighted by atomic mass is 9.99. The maximum atomic E-state index is 11.9. The van der Waals surface area contributed by atoms with E-state index in [2.05, 4.69) is 5.32 Å². The van der Waals surface area contributed by atoms with E-state index in [9.17, 15) is 14.4 Å². The van der Waals surface area contributed by atoms with Gasteiger partial charge in [0.05, 0.1) is 12.7 Å². The molecule has 0 aromatic heterocycles. The van der Waals surface area contributed by atoms with Crippen molar-refractivity contribution in [3.05, 3.63) is 29.8 Å². The lowest BCUT2D eigenvalue weighted by molar-refractivity contribution is -0.146. The first-order valence-corrected chi connectivity index (χ1v) is 7.07. The Balaban J connectivity index is 2.64. The highest BCUT2D eigenvalue weighted by atomic mass is 16.5. The second-order valence-corrected chi connectivity index (χ2v) is 4.90. The summed E-state index contributed by atoms with van der Waals surface area (Å²) in [6, 6.07) is 5.89. The van der Waals surface area contributed by atoms with Crippen LogP contribution in [0.5, 0.6) is 5.75 Å². The summed E-state index contributed by atoms with van der Waals surface area (Å²) in [5.74, 6) is -0.670. The van der Waals surface area contributed by atoms with Crippen molar-refractivity contribution in [3.63, 3.8) is 0 Å². The number of amides is 1. The molecule has 0 radical (unpaired) electrons. The Kier molecular flexibility index (Phi) is 7.08. The number of carbonyl (C=O) groups is 3. The van der Waals surface area contributed by atoms with E-state index in [4.69, 9.17) is 9.47 Å². The molecule has 6 nitrogen and oxygen atoms in total. The van der Waals surface area contributed by atoms with E-state index >= 15 is 0 Å². The second kappa shape index (κ2) is 8.81. The van der Waals surface area contributed by atoms with Gasteiger partial charge < -0.3 is 14.8 Å². The minimum Gasteiger partial charge on any atom is -0.483 e. The molecule has 1 rings (SSSR count). The van der Waals surface area contributed by atoms with E-state index in [0.717, 1.165) is 6.42 Å². The van der Waals surface area contributed by atoms with Gasteiger partial charge in [0, 0.05) is 0 Å². The zero-order valence-corrected chi connectivity index (χ0v) is 13.0. The zero-order chi connectivity index (χ0) is 16.5. The van der Waals surface area contributed by atoms with Gasteiger partial charge >= 0.3 is 5.97 Å². The molecule has 0 fully saturated rings. The Morgan fingerprint density at radius 1 is 1.32 bits per heavy atom. The summed E-state index contributed by atoms with van der Waals surface area (Å²) in [4.78, 5) is 34.5. The molecule has 0 saturated carbocycles. The van der Waals surface area contributed by atoms with Crippen LogP contribution in [0.2, 0.25) is 0 Å². The van der Waals surface area contributed by atoms with Crippen LogP contribution >= 0.6 is 0 Å². The molecule has 0 heterocycles. The second-order valence-electron chi connectivity index (χ2n) is 4.90. The molecule has 1 N–H and O–H groups in total. The minimum atomic E-state index is -0.715. The van der Waals surface area contributed by atoms with Crippen LogP contribution in [-0.2, 0) is 14.3 Å². The van der Waals surface area contributed by atoms with Crippen LogP contribution in [0.1, 0.15) is 30.6 Å². The smallest absolute Gasteiger partial charge is 0.328 e. The molecule has 0 aliphatic rings. The third-order valence-corrected chi connectivity index (χ3v) is 3.39. The van der Waals surface area contributed by atoms with E-state index in [-0.39, 0.29) is 12.5 Å². The maximum Gasteiger partial charge on any atom is 0.328 e. The SMILES string of the molecule is CC[C@H](C)[C@@H](NC(=O)COc1ccccc1C=O)C(=O)OC. The monoisotopic (exact) mass is 307 g/mol. The van der Waals surface area contributed by atoms with Crippen LogP contribution in [0, 0.1) is 5.92 Å². The molecule has 1 amide bonds. The molecule has 2 atom stereocenters. The highest BCUT2D eigenvalue weighted by molar-refractivity contribution is 5.85. The van der Waals surface area contributed by atoms with E-state index in [0.29, 0.717) is 17.6 Å². The largest absolute Gasteiger partial charge is 0.483 e. The Hall–Kier alpha value is -2.37. The number of nitrogens with one attached hydrogen (secondary N) is 1. The van der Waals surface area contributed by atoms with Gasteiger partial charge in [-0.2, -0.15) is 0 Å². The van der Waals surface area contributed by atoms with Gasteiger partial charge in [-0.25, -0.2) is 4.79 Å². The Morgan fingerprint density at radius 3 is 2.59 bits per heavy atom. The summed E-state index contributed by atoms with van der Waals surface area (Å²) in [6.07, 6.45) is 1.37. The van der Waals surface area contributed by atoms with Crippen molar-refractivity contribution in [2.24, 2.45) is 5.92 Å². The highest BCUT2D eigenvalue weighted by Crippen LogP contribution is 2.15. The molecule has 22 heavy (non-hydrogen) atoms. The number of aldehydes is 1. The molecular weight excluding hydrogens is 286 g/mol. The molecule has 0 aliphatic carbocycles. The lowest BCUT2D eigenvalue weighted by Crippen LogP contribution is -2.47. The van der Waals surface area contributed by atoms with Crippen LogP contribution in [0.3, 0.4) is 0 Å². The molecule has 6 heteroatoms. The van der Waals surface area contributed by atoms with Crippen molar-refractivity contribution >= 4 is 18.2 Å². The van der Waals surface area contributed by atoms with E-state index in [1.165, 1.54) is 7.11 Å². The fraction of sp³-hybridized carbons (Fsp3) is 0.438. The number of carbonyl (C=O) groups excluding carboxylic acids is 3. The first kappa shape index (κ1) is 17.7. The maximum absolute atomic E-state index is 11.9. The molecule has 1 aromatic rings. The Morgan fingerprint density at radius 2 is 2.00 bits per heavy atom. The van der Waals surface area contributed by atoms with Crippen molar-refractivity contribution in [2.45, 2.75) is 26.3 Å². The number of para-hydroxylation sites is 1. The van der Waals surface area contributed by atoms with Crippen molar-refractivity contribution in [3.8, 4) is 5.75 Å². The van der Waals surface area contributed by atoms with Crippen molar-refractivity contribution in [1.29, 1.82) is 0 Å². The number of hydrogen-bond donors (Lipinski definition) is 1. The van der Waals surface area contributed by atoms with Crippen LogP contribution in [0.25, 0.3) is 0 Å². The van der Waals surface area contributed by atoms with Gasteiger partial charge in [-0.1, -0.05) is 32.4 Å². The zero-order valence-electron chi connectivity index (χ0n) is 13.0. The first-order chi connectivity index (χ1) is 10.5. The molecule has 0 spiro atoms. The van der Waals surface area contributed by atoms with E-state index in [1.54, 1.807) is 24.3 Å². The van der Waals surface area contributed by atoms with Crippen LogP contribution in [0.4, 0.5) is 0 Å². The third kappa shape index (κ3) is 4.87. The normalized spacial score (nSPS) is 12.9. The summed E-state index contributed by atoms with van der Waals surface area (Å²) in [7, 11) is 1.28. The predicted octanol–water partition coefficient (Wildman–Crippen LogP) is 1.58. The average molecular weight is 307 g/mol. The number of hydrogen-bond acceptors (Lipinski definition) is 5. The molecule has 120 valence electrons. The van der Waals surface area contributed by atoms with Gasteiger partial charge in [0.25, 0.3) is 5.91 Å². The quantitative estimate of drug-likeness (QED) is 0.582. The van der Waals surface area contributed by atoms with Crippen molar-refractivity contribution in [2.75, 3.05) is 13.7 Å². The number of methoxy groups -OCH3 is 1. The van der Waals surface area contributed by atoms with E-state index < -0.39 is 17.9 Å². The molecule has 0 saturated heterocycles. The Bertz CT molecular complexity index is 529. The molecular formula is C16H21NO5. The fourth-order valence-corrected chi connectivity index (χ4v) is 1.86. The van der Waals surface area contributed by atoms with Gasteiger partial charge in [-0.05, 0) is 18.1 Å². The number of rotatable bonds is 8. The summed E-state index contributed by atoms with van der Waals surface area (Å²) >= 11 is 0. The van der Waals surface area contributed by atoms with Gasteiger partial charge in [0.15, 0.2) is 12.9 Å². The number of ether oxygens (including phenoxy) is 2. The molecule has 0 unspecified atom stereocenters. The summed E-state index contributed by atoms with van der Waals surface area (Å²) in [6.45, 7) is 3.49. The Labute approximate surface area is 129 Å². The first-order valence-electron chi connectivity index (χ1n) is 7.07. The lowest BCUT2D eigenvalue weighted by Gasteiger charge is -2.21. The number of esters is 1. The fourth-order valence-electron chi connectivity index (χ4n) is 1.86. The third-order valence-electron chi connectivity index (χ3n) is 3.39. The minimum absolute atomic E-state index is 0.0568. The molecule has 0 aliphatic heterocycles. The van der Waals surface area contributed by atoms with Crippen LogP contribution < -0.4 is 10.1 Å². The predicted molar refractivity (Wildman–Crippen MR) is 80.7 cm³/mol. The summed E-state index contributed by atoms with van der Waals surface area (Å²) in [5, 5.41) is 2.60. The van der Waals surface area contributed by atoms with E-state index in [1.807, 2.05) is 13.8 Å². The van der Waals surface area contributed by atoms with Crippen molar-refractivity contribution in [1.82, 2.24) is 5.32 Å². The standard InChI is InChI=1S/C16H21NO5/c1-4-11(2)15(16(20)21-3)17-14(19)10-22-13-8-6-5-7-12(13)9-18/h5-9,11,15H,4,10H2,1-3H3,(H,17,19)/t11-,15+/m0/s1. The van der Waals surface area contributed by atoms with Gasteiger partial charge in [-0.3, -0.25) is 9.59 Å². The van der Waals surface area contributed by atoms with Crippen LogP contribution in [-0.4, -0.2) is 37.9 Å². The number of benzene rings is 1. The van der Waals surface area contributed by atoms with Gasteiger partial charge in [-0.15, -0.1) is 0 Å². The highest BCUT2D eigenvalue weighted by Gasteiger charge is 2.26. The topological polar surface area (TPSA) is 81.7 Å². The van der Waals surface area contributed by atoms with Gasteiger partial charge in [0.1, 0.15) is 11.8 Å². The summed E-state index contributed by atoms with van der Waals surface area (Å²) < 4.78 is 10.0. The average Bonchev–Trinajstić information content (AvgIpc) is 2.56. The molecule has 1 aromatic carbocycles. The van der Waals surface area contributed by atoms with Crippen molar-refractivity contribution < 1.29 is 23.9 Å².